The Morgan fingerprint density at radius 1 is 0.328 bits per heavy atom. The molecule has 30 heteroatoms. The lowest BCUT2D eigenvalue weighted by molar-refractivity contribution is 0.103. The van der Waals surface area contributed by atoms with E-state index in [4.69, 9.17) is 61.1 Å². The van der Waals surface area contributed by atoms with Crippen molar-refractivity contribution in [2.45, 2.75) is 47.8 Å². The van der Waals surface area contributed by atoms with Crippen LogP contribution in [0.25, 0.3) is 86.7 Å². The number of rotatable bonds is 28. The van der Waals surface area contributed by atoms with Gasteiger partial charge in [-0.2, -0.15) is 25.5 Å². The van der Waals surface area contributed by atoms with Crippen LogP contribution in [-0.4, -0.2) is 140 Å². The van der Waals surface area contributed by atoms with E-state index in [0.29, 0.717) is 106 Å². The summed E-state index contributed by atoms with van der Waals surface area (Å²) >= 11 is 12.0. The number of aliphatic hydroxyl groups excluding tert-OH is 2. The molecule has 0 amide bonds. The summed E-state index contributed by atoms with van der Waals surface area (Å²) in [5.41, 5.74) is 18.9. The fraction of sp³-hybridized carbons (Fsp3) is 0.135. The second-order valence-electron chi connectivity index (χ2n) is 29.9. The molecule has 0 spiro atoms. The topological polar surface area (TPSA) is 343 Å². The highest BCUT2D eigenvalue weighted by Gasteiger charge is 2.20. The molecule has 15 aromatic rings. The van der Waals surface area contributed by atoms with Crippen molar-refractivity contribution in [1.82, 2.24) is 51.0 Å². The number of nitrogens with zero attached hydrogens (tertiary/aromatic N) is 5. The highest BCUT2D eigenvalue weighted by molar-refractivity contribution is 6.42. The van der Waals surface area contributed by atoms with Gasteiger partial charge in [0, 0.05) is 61.2 Å². The molecule has 0 atom stereocenters. The predicted molar refractivity (Wildman–Crippen MR) is 510 cm³/mol. The molecule has 25 nitrogen and oxygen atoms in total. The number of aromatic amines is 5. The third-order valence-electron chi connectivity index (χ3n) is 20.8. The minimum absolute atomic E-state index is 0.0833. The molecular formula is C104H91Cl2F3N10O15. The SMILES string of the molecule is COc1ccc(C(=O)/C=C/c2cc(-c3cc(CO)c(CO)c(OC)c3)n[nH]2)cc1C.COc1ccc(C(=O)/C=C/c2cc(-c3ccc(Cl)c(Cl)c3)n[nH]2)cc1C.COc1ccc(C(=O)/C=C/c2cc(-c3ccc(F)c(F)c3)n[nH]2)cc1C.COc1ccc(C(=O)/C=C/c2cc(-c3ccc(F)cc3)n[nH]2)cc1C.COc1ccc(C(=O)/C=C/c2cc(-c3ccc4c(c3)OCO4)n[nH]2)cc1C. The van der Waals surface area contributed by atoms with Crippen LogP contribution in [0.1, 0.15) is 119 Å². The fourth-order valence-electron chi connectivity index (χ4n) is 13.7. The van der Waals surface area contributed by atoms with Crippen molar-refractivity contribution in [3.8, 4) is 102 Å². The maximum Gasteiger partial charge on any atom is 0.231 e. The number of aromatic nitrogens is 10. The Kier molecular flexibility index (Phi) is 33.3. The molecule has 1 aliphatic rings. The molecule has 0 saturated carbocycles. The summed E-state index contributed by atoms with van der Waals surface area (Å²) in [5, 5.41) is 55.4. The van der Waals surface area contributed by atoms with Gasteiger partial charge in [0.25, 0.3) is 0 Å². The average Bonchev–Trinajstić information content (AvgIpc) is 1.73. The number of aliphatic hydroxyl groups is 2. The quantitative estimate of drug-likeness (QED) is 0.0177. The van der Waals surface area contributed by atoms with Gasteiger partial charge in [0.1, 0.15) is 40.3 Å². The first kappa shape index (κ1) is 97.1. The first-order chi connectivity index (χ1) is 64.6. The van der Waals surface area contributed by atoms with Gasteiger partial charge >= 0.3 is 0 Å². The molecule has 134 heavy (non-hydrogen) atoms. The number of hydrogen-bond donors (Lipinski definition) is 7. The summed E-state index contributed by atoms with van der Waals surface area (Å²) in [5.74, 6) is 2.90. The van der Waals surface area contributed by atoms with Crippen LogP contribution in [-0.2, 0) is 13.2 Å². The molecule has 16 rings (SSSR count). The van der Waals surface area contributed by atoms with Crippen molar-refractivity contribution >= 4 is 82.5 Å². The maximum atomic E-state index is 13.3. The largest absolute Gasteiger partial charge is 0.496 e. The second kappa shape index (κ2) is 46.0. The van der Waals surface area contributed by atoms with Gasteiger partial charge < -0.3 is 48.1 Å². The van der Waals surface area contributed by atoms with Crippen molar-refractivity contribution in [3.05, 3.63) is 365 Å². The van der Waals surface area contributed by atoms with Crippen LogP contribution in [0.5, 0.6) is 46.0 Å². The lowest BCUT2D eigenvalue weighted by atomic mass is 10.0. The molecule has 1 aliphatic heterocycles. The standard InChI is InChI=1S/C23H24N2O5.C21H18N2O4.C20H16Cl2N2O2.C20H16F2N2O2.C20H17FN2O2/c1-14-8-15(4-7-22(14)29-2)21(28)6-5-18-11-20(25-24-18)16-9-17(12-26)19(13-27)23(10-16)30-3;1-13-9-15(4-7-19(13)25-2)18(24)6-5-16-11-17(23-22-16)14-3-8-20-21(10-14)27-12-26-20;2*1-12-9-14(4-8-20(12)26-2)19(25)7-5-15-11-18(24-23-15)13-3-6-16(21)17(22)10-13;1-13-11-15(5-10-20(13)25-2)19(24)9-8-17-12-18(23-22-17)14-3-6-16(21)7-4-14/h4-11,26-27H,12-13H2,1-3H3,(H,24,25);3-11H,12H2,1-2H3,(H,22,23);2*3-11H,1-2H3,(H,23,24);3-12H,1-2H3,(H,22,23)/b2*6-5+;2*7-5+;9-8+. The number of carbonyl (C=O) groups is 5. The van der Waals surface area contributed by atoms with E-state index in [-0.39, 0.29) is 54.7 Å². The van der Waals surface area contributed by atoms with Gasteiger partial charge in [-0.15, -0.1) is 0 Å². The van der Waals surface area contributed by atoms with Crippen LogP contribution in [0, 0.1) is 52.1 Å². The van der Waals surface area contributed by atoms with Gasteiger partial charge in [-0.05, 0) is 335 Å². The van der Waals surface area contributed by atoms with Crippen LogP contribution in [0.2, 0.25) is 10.0 Å². The third kappa shape index (κ3) is 25.3. The fourth-order valence-corrected chi connectivity index (χ4v) is 14.0. The Labute approximate surface area is 779 Å². The summed E-state index contributed by atoms with van der Waals surface area (Å²) in [4.78, 5) is 61.7. The molecule has 0 saturated heterocycles. The molecule has 0 bridgehead atoms. The van der Waals surface area contributed by atoms with Crippen molar-refractivity contribution in [2.24, 2.45) is 0 Å². The minimum Gasteiger partial charge on any atom is -0.496 e. The van der Waals surface area contributed by atoms with E-state index >= 15 is 0 Å². The molecule has 10 aromatic carbocycles. The lowest BCUT2D eigenvalue weighted by Gasteiger charge is -2.12. The summed E-state index contributed by atoms with van der Waals surface area (Å²) in [6, 6.07) is 59.5. The number of hydrogen-bond acceptors (Lipinski definition) is 20. The summed E-state index contributed by atoms with van der Waals surface area (Å²) < 4.78 is 81.4. The molecular weight excluding hydrogens is 1760 g/mol. The molecule has 7 N–H and O–H groups in total. The number of allylic oxidation sites excluding steroid dienone is 5. The summed E-state index contributed by atoms with van der Waals surface area (Å²) in [6.45, 7) is 9.22. The number of ether oxygens (including phenoxy) is 8. The van der Waals surface area contributed by atoms with Crippen molar-refractivity contribution in [2.75, 3.05) is 49.5 Å². The highest BCUT2D eigenvalue weighted by atomic mass is 35.5. The number of benzene rings is 10. The number of nitrogens with one attached hydrogen (secondary N) is 5. The van der Waals surface area contributed by atoms with Crippen LogP contribution in [0.3, 0.4) is 0 Å². The Hall–Kier alpha value is -16.0. The second-order valence-corrected chi connectivity index (χ2v) is 30.7. The van der Waals surface area contributed by atoms with E-state index in [2.05, 4.69) is 51.0 Å². The van der Waals surface area contributed by atoms with Gasteiger partial charge in [0.15, 0.2) is 52.0 Å². The van der Waals surface area contributed by atoms with E-state index in [1.165, 1.54) is 55.7 Å². The number of aryl methyl sites for hydroxylation is 5. The molecule has 0 aliphatic carbocycles. The Bertz CT molecular complexity index is 6760. The Morgan fingerprint density at radius 3 is 0.970 bits per heavy atom. The summed E-state index contributed by atoms with van der Waals surface area (Å²) in [7, 11) is 9.49. The van der Waals surface area contributed by atoms with E-state index in [9.17, 15) is 47.4 Å². The molecule has 5 aromatic heterocycles. The highest BCUT2D eigenvalue weighted by Crippen LogP contribution is 2.37. The number of H-pyrrole nitrogens is 5. The van der Waals surface area contributed by atoms with Gasteiger partial charge in [-0.3, -0.25) is 49.5 Å². The van der Waals surface area contributed by atoms with Crippen LogP contribution < -0.4 is 37.9 Å². The normalized spacial score (nSPS) is 11.4. The molecule has 682 valence electrons. The van der Waals surface area contributed by atoms with Crippen LogP contribution in [0.4, 0.5) is 13.2 Å². The van der Waals surface area contributed by atoms with Gasteiger partial charge in [0.05, 0.1) is 123 Å². The maximum absolute atomic E-state index is 13.3. The first-order valence-corrected chi connectivity index (χ1v) is 42.0. The lowest BCUT2D eigenvalue weighted by Crippen LogP contribution is -1.99. The van der Waals surface area contributed by atoms with Crippen LogP contribution in [0.15, 0.2) is 243 Å². The third-order valence-corrected chi connectivity index (χ3v) is 21.6. The average molecular weight is 1850 g/mol. The van der Waals surface area contributed by atoms with E-state index < -0.39 is 11.6 Å². The molecule has 0 fully saturated rings. The van der Waals surface area contributed by atoms with Crippen LogP contribution >= 0.6 is 23.2 Å². The molecule has 0 unspecified atom stereocenters. The number of fused-ring (bicyclic) bond motifs is 1. The number of ketones is 5. The minimum atomic E-state index is -0.937. The molecule has 0 radical (unpaired) electrons. The number of halogens is 5. The Morgan fingerprint density at radius 2 is 0.642 bits per heavy atom. The number of methoxy groups -OCH3 is 6. The molecule has 6 heterocycles. The summed E-state index contributed by atoms with van der Waals surface area (Å²) in [6.07, 6.45) is 15.7. The van der Waals surface area contributed by atoms with E-state index in [1.54, 1.807) is 205 Å². The van der Waals surface area contributed by atoms with E-state index in [0.717, 1.165) is 114 Å². The Balaban J connectivity index is 0.000000151. The zero-order valence-electron chi connectivity index (χ0n) is 74.4. The van der Waals surface area contributed by atoms with Crippen molar-refractivity contribution < 1.29 is 85.3 Å². The monoisotopic (exact) mass is 1850 g/mol. The van der Waals surface area contributed by atoms with Crippen molar-refractivity contribution in [3.63, 3.8) is 0 Å². The first-order valence-electron chi connectivity index (χ1n) is 41.3. The smallest absolute Gasteiger partial charge is 0.231 e. The predicted octanol–water partition coefficient (Wildman–Crippen LogP) is 21.9. The van der Waals surface area contributed by atoms with Gasteiger partial charge in [-0.25, -0.2) is 13.2 Å². The number of carbonyl (C=O) groups excluding carboxylic acids is 5. The zero-order valence-corrected chi connectivity index (χ0v) is 75.9. The van der Waals surface area contributed by atoms with Gasteiger partial charge in [0.2, 0.25) is 6.79 Å². The zero-order chi connectivity index (χ0) is 95.6. The van der Waals surface area contributed by atoms with Crippen molar-refractivity contribution in [1.29, 1.82) is 0 Å². The van der Waals surface area contributed by atoms with Gasteiger partial charge in [-0.1, -0.05) is 29.3 Å². The van der Waals surface area contributed by atoms with E-state index in [1.807, 2.05) is 77.1 Å².